The van der Waals surface area contributed by atoms with E-state index in [4.69, 9.17) is 40.9 Å². The number of carbonyl (C=O) groups excluding carboxylic acids is 4. The van der Waals surface area contributed by atoms with E-state index < -0.39 is 74.7 Å². The SMILES string of the molecule is O=C([O-])C(O)CO.O=C([O-])C(O)CO.O=C([O-])C(O)CO.O=C([O-])C(O)CO.[Mo+4]. The number of aliphatic hydroxyl groups is 8. The van der Waals surface area contributed by atoms with E-state index >= 15 is 0 Å². The molecule has 0 aromatic rings. The summed E-state index contributed by atoms with van der Waals surface area (Å²) in [7, 11) is 0. The molecule has 0 aromatic carbocycles. The molecule has 0 aliphatic rings. The first kappa shape index (κ1) is 37.9. The Balaban J connectivity index is -0.0000000873. The number of aliphatic hydroxyl groups excluding tert-OH is 8. The van der Waals surface area contributed by atoms with Crippen molar-refractivity contribution < 1.29 is 102 Å². The molecule has 0 saturated heterocycles. The summed E-state index contributed by atoms with van der Waals surface area (Å²) >= 11 is 0. The Morgan fingerprint density at radius 2 is 0.586 bits per heavy atom. The van der Waals surface area contributed by atoms with Crippen LogP contribution in [0.5, 0.6) is 0 Å². The smallest absolute Gasteiger partial charge is 0.547 e. The zero-order valence-electron chi connectivity index (χ0n) is 14.4. The van der Waals surface area contributed by atoms with Gasteiger partial charge < -0.3 is 80.5 Å². The van der Waals surface area contributed by atoms with Crippen molar-refractivity contribution in [2.75, 3.05) is 26.4 Å². The third-order valence-corrected chi connectivity index (χ3v) is 1.78. The van der Waals surface area contributed by atoms with E-state index in [1.54, 1.807) is 0 Å². The summed E-state index contributed by atoms with van der Waals surface area (Å²) in [5, 5.41) is 101. The number of carboxylic acid groups (broad SMARTS) is 4. The van der Waals surface area contributed by atoms with Gasteiger partial charge in [-0.3, -0.25) is 0 Å². The Bertz CT molecular complexity index is 364. The third-order valence-electron chi connectivity index (χ3n) is 1.78. The standard InChI is InChI=1S/4C3H6O4.Mo/c4*4-1-2(5)3(6)7;/h4*2,4-5H,1H2,(H,6,7);/q;;;;+4/p-4. The normalized spacial score (nSPS) is 13.0. The fourth-order valence-electron chi connectivity index (χ4n) is 0.298. The van der Waals surface area contributed by atoms with Crippen LogP contribution in [-0.4, -0.2) is 116 Å². The zero-order chi connectivity index (χ0) is 23.4. The summed E-state index contributed by atoms with van der Waals surface area (Å²) < 4.78 is 0. The maximum Gasteiger partial charge on any atom is 4.00 e. The maximum absolute atomic E-state index is 9.41. The summed E-state index contributed by atoms with van der Waals surface area (Å²) in [6, 6.07) is 0. The molecule has 0 amide bonds. The molecule has 0 saturated carbocycles. The van der Waals surface area contributed by atoms with Crippen LogP contribution in [0.15, 0.2) is 0 Å². The Labute approximate surface area is 176 Å². The number of hydrogen-bond donors (Lipinski definition) is 8. The van der Waals surface area contributed by atoms with Crippen molar-refractivity contribution in [3.63, 3.8) is 0 Å². The van der Waals surface area contributed by atoms with Gasteiger partial charge >= 0.3 is 21.1 Å². The van der Waals surface area contributed by atoms with Crippen molar-refractivity contribution in [3.05, 3.63) is 0 Å². The van der Waals surface area contributed by atoms with E-state index in [1.165, 1.54) is 0 Å². The first-order valence-electron chi connectivity index (χ1n) is 6.72. The van der Waals surface area contributed by atoms with Gasteiger partial charge in [0.15, 0.2) is 0 Å². The Kier molecular flexibility index (Phi) is 31.8. The monoisotopic (exact) mass is 518 g/mol. The van der Waals surface area contributed by atoms with Crippen LogP contribution in [0.2, 0.25) is 0 Å². The molecular weight excluding hydrogens is 496 g/mol. The summed E-state index contributed by atoms with van der Waals surface area (Å²) in [5.74, 6) is -6.60. The zero-order valence-corrected chi connectivity index (χ0v) is 16.4. The molecule has 0 rings (SSSR count). The summed E-state index contributed by atoms with van der Waals surface area (Å²) in [6.45, 7) is -3.16. The first-order valence-corrected chi connectivity index (χ1v) is 6.72. The van der Waals surface area contributed by atoms with Crippen LogP contribution in [0.3, 0.4) is 0 Å². The summed E-state index contributed by atoms with van der Waals surface area (Å²) in [6.07, 6.45) is -6.94. The minimum absolute atomic E-state index is 0. The number of hydrogen-bond acceptors (Lipinski definition) is 16. The van der Waals surface area contributed by atoms with E-state index in [1.807, 2.05) is 0 Å². The maximum atomic E-state index is 9.41. The molecule has 0 aromatic heterocycles. The quantitative estimate of drug-likeness (QED) is 0.139. The Morgan fingerprint density at radius 3 is 0.586 bits per heavy atom. The van der Waals surface area contributed by atoms with Gasteiger partial charge in [-0.2, -0.15) is 0 Å². The van der Waals surface area contributed by atoms with Crippen molar-refractivity contribution >= 4 is 23.9 Å². The number of aliphatic carboxylic acids is 4. The Hall–Kier alpha value is -1.75. The average molecular weight is 516 g/mol. The second-order valence-electron chi connectivity index (χ2n) is 4.07. The number of carbonyl (C=O) groups is 4. The topological polar surface area (TPSA) is 322 Å². The van der Waals surface area contributed by atoms with Gasteiger partial charge in [0.2, 0.25) is 0 Å². The molecule has 0 bridgehead atoms. The van der Waals surface area contributed by atoms with Gasteiger partial charge in [-0.1, -0.05) is 0 Å². The molecule has 4 atom stereocenters. The van der Waals surface area contributed by atoms with Crippen LogP contribution in [0.1, 0.15) is 0 Å². The van der Waals surface area contributed by atoms with E-state index in [2.05, 4.69) is 0 Å². The second-order valence-corrected chi connectivity index (χ2v) is 4.07. The van der Waals surface area contributed by atoms with E-state index in [-0.39, 0.29) is 21.1 Å². The average Bonchev–Trinajstić information content (AvgIpc) is 2.66. The molecule has 170 valence electrons. The first-order chi connectivity index (χ1) is 12.7. The van der Waals surface area contributed by atoms with Crippen LogP contribution in [0, 0.1) is 0 Å². The molecule has 0 heterocycles. The molecule has 0 aliphatic carbocycles. The minimum atomic E-state index is -1.74. The van der Waals surface area contributed by atoms with Gasteiger partial charge in [-0.15, -0.1) is 0 Å². The summed E-state index contributed by atoms with van der Waals surface area (Å²) in [5.41, 5.74) is 0. The van der Waals surface area contributed by atoms with Gasteiger partial charge in [-0.25, -0.2) is 0 Å². The van der Waals surface area contributed by atoms with Crippen molar-refractivity contribution in [3.8, 4) is 0 Å². The minimum Gasteiger partial charge on any atom is -0.547 e. The molecule has 29 heavy (non-hydrogen) atoms. The van der Waals surface area contributed by atoms with Crippen LogP contribution >= 0.6 is 0 Å². The predicted octanol–water partition coefficient (Wildman–Crippen LogP) is -11.6. The van der Waals surface area contributed by atoms with Crippen molar-refractivity contribution in [2.24, 2.45) is 0 Å². The van der Waals surface area contributed by atoms with Crippen LogP contribution < -0.4 is 20.4 Å². The molecule has 0 fully saturated rings. The molecule has 0 radical (unpaired) electrons. The van der Waals surface area contributed by atoms with Crippen LogP contribution in [-0.2, 0) is 40.2 Å². The van der Waals surface area contributed by atoms with Gasteiger partial charge in [0.25, 0.3) is 0 Å². The van der Waals surface area contributed by atoms with Gasteiger partial charge in [0, 0.05) is 0 Å². The fourth-order valence-corrected chi connectivity index (χ4v) is 0.298. The Morgan fingerprint density at radius 1 is 0.483 bits per heavy atom. The number of rotatable bonds is 8. The fraction of sp³-hybridized carbons (Fsp3) is 0.667. The van der Waals surface area contributed by atoms with Crippen molar-refractivity contribution in [1.82, 2.24) is 0 Å². The van der Waals surface area contributed by atoms with E-state index in [9.17, 15) is 39.6 Å². The van der Waals surface area contributed by atoms with Crippen LogP contribution in [0.4, 0.5) is 0 Å². The molecule has 4 unspecified atom stereocenters. The summed E-state index contributed by atoms with van der Waals surface area (Å²) in [4.78, 5) is 37.6. The molecule has 0 aliphatic heterocycles. The molecule has 17 heteroatoms. The molecule has 8 N–H and O–H groups in total. The largest absolute Gasteiger partial charge is 4.00 e. The molecular formula is C12H20MoO16. The predicted molar refractivity (Wildman–Crippen MR) is 72.4 cm³/mol. The van der Waals surface area contributed by atoms with Crippen LogP contribution in [0.25, 0.3) is 0 Å². The van der Waals surface area contributed by atoms with Crippen molar-refractivity contribution in [2.45, 2.75) is 24.4 Å². The van der Waals surface area contributed by atoms with Gasteiger partial charge in [0.1, 0.15) is 24.4 Å². The molecule has 0 spiro atoms. The number of carboxylic acids is 4. The third kappa shape index (κ3) is 31.2. The molecule has 16 nitrogen and oxygen atoms in total. The van der Waals surface area contributed by atoms with Gasteiger partial charge in [-0.05, 0) is 0 Å². The van der Waals surface area contributed by atoms with Gasteiger partial charge in [0.05, 0.1) is 50.3 Å². The van der Waals surface area contributed by atoms with Crippen molar-refractivity contribution in [1.29, 1.82) is 0 Å². The van der Waals surface area contributed by atoms with E-state index in [0.717, 1.165) is 0 Å². The second kappa shape index (κ2) is 24.3. The van der Waals surface area contributed by atoms with E-state index in [0.29, 0.717) is 0 Å².